The van der Waals surface area contributed by atoms with E-state index in [4.69, 9.17) is 11.6 Å². The molecule has 3 unspecified atom stereocenters. The van der Waals surface area contributed by atoms with Crippen LogP contribution in [0, 0.1) is 5.82 Å². The van der Waals surface area contributed by atoms with Gasteiger partial charge in [-0.15, -0.1) is 0 Å². The quantitative estimate of drug-likeness (QED) is 0.348. The Morgan fingerprint density at radius 3 is 2.81 bits per heavy atom. The van der Waals surface area contributed by atoms with E-state index in [2.05, 4.69) is 35.8 Å². The number of nitrogens with one attached hydrogen (secondary N) is 3. The molecule has 37 heavy (non-hydrogen) atoms. The lowest BCUT2D eigenvalue weighted by Crippen LogP contribution is -2.49. The third-order valence-corrected chi connectivity index (χ3v) is 7.60. The van der Waals surface area contributed by atoms with Gasteiger partial charge in [0.1, 0.15) is 34.1 Å². The largest absolute Gasteiger partial charge is 0.358 e. The molecule has 6 rings (SSSR count). The van der Waals surface area contributed by atoms with Gasteiger partial charge in [0, 0.05) is 30.5 Å². The van der Waals surface area contributed by atoms with Crippen LogP contribution in [0.2, 0.25) is 4.34 Å². The Bertz CT molecular complexity index is 1480. The zero-order valence-corrected chi connectivity index (χ0v) is 20.8. The fourth-order valence-electron chi connectivity index (χ4n) is 4.96. The second-order valence-corrected chi connectivity index (χ2v) is 10.5. The average molecular weight is 539 g/mol. The third-order valence-electron chi connectivity index (χ3n) is 6.48. The first-order valence-electron chi connectivity index (χ1n) is 11.5. The van der Waals surface area contributed by atoms with Gasteiger partial charge in [-0.3, -0.25) is 19.7 Å². The predicted octanol–water partition coefficient (Wildman–Crippen LogP) is 3.97. The van der Waals surface area contributed by atoms with Crippen molar-refractivity contribution in [2.75, 3.05) is 10.2 Å². The topological polar surface area (TPSA) is 129 Å². The van der Waals surface area contributed by atoms with Gasteiger partial charge in [-0.25, -0.2) is 14.4 Å². The number of fused-ring (bicyclic) bond motifs is 1. The van der Waals surface area contributed by atoms with Gasteiger partial charge < -0.3 is 15.5 Å². The molecular weight excluding hydrogens is 519 g/mol. The Balaban J connectivity index is 1.35. The number of nitrogens with zero attached hydrogens (tertiary/aromatic N) is 5. The SMILES string of the molecule is O=C1CC(NC(=O)c2ncc(Cl)s2)CC(N2c3cc(-c4ncn[nH]4)ncc3NC2c2ccccc2F)C1. The predicted molar refractivity (Wildman–Crippen MR) is 136 cm³/mol. The smallest absolute Gasteiger partial charge is 0.280 e. The van der Waals surface area contributed by atoms with Crippen molar-refractivity contribution >= 4 is 46.0 Å². The van der Waals surface area contributed by atoms with E-state index < -0.39 is 12.2 Å². The molecular formula is C24H20ClFN8O2S. The van der Waals surface area contributed by atoms with Gasteiger partial charge in [0.15, 0.2) is 10.8 Å². The molecule has 0 bridgehead atoms. The molecule has 3 atom stereocenters. The highest BCUT2D eigenvalue weighted by atomic mass is 35.5. The summed E-state index contributed by atoms with van der Waals surface area (Å²) in [6.07, 6.45) is 4.83. The Labute approximate surface area is 219 Å². The van der Waals surface area contributed by atoms with Crippen molar-refractivity contribution in [3.63, 3.8) is 0 Å². The second-order valence-electron chi connectivity index (χ2n) is 8.87. The Kier molecular flexibility index (Phi) is 6.05. The summed E-state index contributed by atoms with van der Waals surface area (Å²) in [4.78, 5) is 40.3. The zero-order chi connectivity index (χ0) is 25.5. The lowest BCUT2D eigenvalue weighted by molar-refractivity contribution is -0.121. The molecule has 1 aromatic carbocycles. The van der Waals surface area contributed by atoms with Crippen molar-refractivity contribution in [2.24, 2.45) is 0 Å². The number of aromatic amines is 1. The van der Waals surface area contributed by atoms with E-state index in [0.717, 1.165) is 17.0 Å². The van der Waals surface area contributed by atoms with Crippen molar-refractivity contribution in [1.29, 1.82) is 0 Å². The summed E-state index contributed by atoms with van der Waals surface area (Å²) in [6.45, 7) is 0. The molecule has 188 valence electrons. The average Bonchev–Trinajstić information content (AvgIpc) is 3.63. The minimum Gasteiger partial charge on any atom is -0.358 e. The summed E-state index contributed by atoms with van der Waals surface area (Å²) >= 11 is 7.00. The monoisotopic (exact) mass is 538 g/mol. The van der Waals surface area contributed by atoms with E-state index in [1.807, 2.05) is 11.0 Å². The Morgan fingerprint density at radius 2 is 2.05 bits per heavy atom. The molecule has 1 saturated carbocycles. The molecule has 1 aliphatic heterocycles. The van der Waals surface area contributed by atoms with Gasteiger partial charge >= 0.3 is 0 Å². The standard InChI is InChI=1S/C24H20ClFN8O2S/c25-20-10-28-24(37-20)23(36)31-12-5-13(7-14(35)6-12)34-19-8-17(21-29-11-30-33-21)27-9-18(19)32-22(34)15-3-1-2-4-16(15)26/h1-4,8-13,22,32H,5-7H2,(H,31,36)(H,29,30,33). The van der Waals surface area contributed by atoms with E-state index in [1.165, 1.54) is 18.6 Å². The first kappa shape index (κ1) is 23.5. The number of amides is 1. The van der Waals surface area contributed by atoms with Crippen LogP contribution in [0.1, 0.15) is 40.8 Å². The maximum Gasteiger partial charge on any atom is 0.280 e. The van der Waals surface area contributed by atoms with E-state index in [0.29, 0.717) is 33.5 Å². The molecule has 13 heteroatoms. The summed E-state index contributed by atoms with van der Waals surface area (Å²) in [5.41, 5.74) is 2.46. The molecule has 1 fully saturated rings. The van der Waals surface area contributed by atoms with Crippen LogP contribution in [0.25, 0.3) is 11.5 Å². The maximum atomic E-state index is 15.0. The van der Waals surface area contributed by atoms with Crippen LogP contribution < -0.4 is 15.5 Å². The number of pyridine rings is 1. The minimum absolute atomic E-state index is 0.00367. The lowest BCUT2D eigenvalue weighted by Gasteiger charge is -2.39. The van der Waals surface area contributed by atoms with Crippen LogP contribution in [0.4, 0.5) is 15.8 Å². The molecule has 2 aliphatic rings. The third kappa shape index (κ3) is 4.53. The number of Topliss-reactive ketones (excluding diaryl/α,β-unsaturated/α-hetero) is 1. The van der Waals surface area contributed by atoms with Crippen molar-refractivity contribution in [2.45, 2.75) is 37.5 Å². The first-order valence-corrected chi connectivity index (χ1v) is 12.7. The highest BCUT2D eigenvalue weighted by Gasteiger charge is 2.41. The number of hydrogen-bond donors (Lipinski definition) is 3. The summed E-state index contributed by atoms with van der Waals surface area (Å²) < 4.78 is 15.4. The summed E-state index contributed by atoms with van der Waals surface area (Å²) in [5.74, 6) is -0.250. The Hall–Kier alpha value is -3.90. The van der Waals surface area contributed by atoms with Crippen molar-refractivity contribution in [1.82, 2.24) is 30.5 Å². The van der Waals surface area contributed by atoms with Crippen LogP contribution in [-0.2, 0) is 4.79 Å². The van der Waals surface area contributed by atoms with Gasteiger partial charge in [-0.05, 0) is 18.6 Å². The molecule has 0 radical (unpaired) electrons. The normalized spacial score (nSPS) is 21.0. The number of hydrogen-bond acceptors (Lipinski definition) is 9. The fourth-order valence-corrected chi connectivity index (χ4v) is 5.78. The fraction of sp³-hybridized carbons (Fsp3) is 0.250. The molecule has 1 amide bonds. The first-order chi connectivity index (χ1) is 18.0. The highest BCUT2D eigenvalue weighted by molar-refractivity contribution is 7.17. The molecule has 3 N–H and O–H groups in total. The number of rotatable bonds is 5. The number of anilines is 2. The molecule has 4 heterocycles. The van der Waals surface area contributed by atoms with Crippen LogP contribution in [0.3, 0.4) is 0 Å². The number of halogens is 2. The molecule has 4 aromatic rings. The summed E-state index contributed by atoms with van der Waals surface area (Å²) in [7, 11) is 0. The second kappa shape index (κ2) is 9.52. The van der Waals surface area contributed by atoms with Gasteiger partial charge in [-0.2, -0.15) is 5.10 Å². The number of carbonyl (C=O) groups excluding carboxylic acids is 2. The number of carbonyl (C=O) groups is 2. The maximum absolute atomic E-state index is 15.0. The van der Waals surface area contributed by atoms with E-state index in [1.54, 1.807) is 24.4 Å². The zero-order valence-electron chi connectivity index (χ0n) is 19.2. The number of benzene rings is 1. The van der Waals surface area contributed by atoms with E-state index in [9.17, 15) is 14.0 Å². The van der Waals surface area contributed by atoms with Crippen LogP contribution in [0.15, 0.2) is 49.1 Å². The van der Waals surface area contributed by atoms with Gasteiger partial charge in [0.2, 0.25) is 0 Å². The number of thiazole rings is 1. The Morgan fingerprint density at radius 1 is 1.19 bits per heavy atom. The van der Waals surface area contributed by atoms with E-state index in [-0.39, 0.29) is 41.4 Å². The number of H-pyrrole nitrogens is 1. The lowest BCUT2D eigenvalue weighted by atomic mass is 9.88. The number of ketones is 1. The summed E-state index contributed by atoms with van der Waals surface area (Å²) in [6, 6.07) is 7.63. The van der Waals surface area contributed by atoms with Crippen LogP contribution >= 0.6 is 22.9 Å². The number of aromatic nitrogens is 5. The van der Waals surface area contributed by atoms with E-state index >= 15 is 0 Å². The minimum atomic E-state index is -0.576. The highest BCUT2D eigenvalue weighted by Crippen LogP contribution is 2.45. The van der Waals surface area contributed by atoms with Gasteiger partial charge in [-0.1, -0.05) is 41.1 Å². The molecule has 1 aliphatic carbocycles. The van der Waals surface area contributed by atoms with Gasteiger partial charge in [0.25, 0.3) is 5.91 Å². The molecule has 0 spiro atoms. The van der Waals surface area contributed by atoms with Crippen LogP contribution in [-0.4, -0.2) is 48.9 Å². The van der Waals surface area contributed by atoms with Crippen molar-refractivity contribution in [3.8, 4) is 11.5 Å². The van der Waals surface area contributed by atoms with Crippen LogP contribution in [0.5, 0.6) is 0 Å². The van der Waals surface area contributed by atoms with Crippen molar-refractivity contribution in [3.05, 3.63) is 69.8 Å². The molecule has 10 nitrogen and oxygen atoms in total. The molecule has 0 saturated heterocycles. The molecule has 3 aromatic heterocycles. The van der Waals surface area contributed by atoms with Crippen molar-refractivity contribution < 1.29 is 14.0 Å². The van der Waals surface area contributed by atoms with Gasteiger partial charge in [0.05, 0.1) is 23.8 Å². The summed E-state index contributed by atoms with van der Waals surface area (Å²) in [5, 5.41) is 13.2.